The fourth-order valence-electron chi connectivity index (χ4n) is 3.49. The molecule has 0 bridgehead atoms. The van der Waals surface area contributed by atoms with E-state index in [-0.39, 0.29) is 24.0 Å². The van der Waals surface area contributed by atoms with Gasteiger partial charge >= 0.3 is 0 Å². The van der Waals surface area contributed by atoms with Crippen molar-refractivity contribution in [2.75, 3.05) is 40.0 Å². The van der Waals surface area contributed by atoms with Crippen molar-refractivity contribution in [2.45, 2.75) is 33.2 Å². The first-order valence-electron chi connectivity index (χ1n) is 10.4. The average molecular weight is 527 g/mol. The predicted octanol–water partition coefficient (Wildman–Crippen LogP) is 3.22. The fraction of sp³-hybridized carbons (Fsp3) is 0.545. The van der Waals surface area contributed by atoms with E-state index in [2.05, 4.69) is 34.7 Å². The minimum absolute atomic E-state index is 0. The molecule has 7 nitrogen and oxygen atoms in total. The van der Waals surface area contributed by atoms with Gasteiger partial charge in [-0.2, -0.15) is 5.10 Å². The van der Waals surface area contributed by atoms with E-state index >= 15 is 0 Å². The maximum absolute atomic E-state index is 5.75. The Kier molecular flexibility index (Phi) is 10.6. The van der Waals surface area contributed by atoms with Crippen LogP contribution in [0.15, 0.2) is 35.3 Å². The number of hydrogen-bond donors (Lipinski definition) is 2. The molecule has 1 fully saturated rings. The Morgan fingerprint density at radius 3 is 2.77 bits per heavy atom. The highest BCUT2D eigenvalue weighted by atomic mass is 127. The molecule has 2 N–H and O–H groups in total. The molecule has 0 saturated carbocycles. The number of halogens is 1. The maximum atomic E-state index is 5.75. The lowest BCUT2D eigenvalue weighted by Crippen LogP contribution is -2.37. The van der Waals surface area contributed by atoms with Gasteiger partial charge in [0.05, 0.1) is 24.6 Å². The number of aromatic nitrogens is 2. The van der Waals surface area contributed by atoms with Crippen LogP contribution in [0.5, 0.6) is 0 Å². The number of aryl methyl sites for hydroxylation is 1. The lowest BCUT2D eigenvalue weighted by atomic mass is 10.1. The number of ether oxygens (including phenoxy) is 2. The second-order valence-corrected chi connectivity index (χ2v) is 7.41. The number of aliphatic imine (C=N–C) groups is 1. The Balaban J connectivity index is 0.00000320. The van der Waals surface area contributed by atoms with Gasteiger partial charge in [-0.05, 0) is 38.8 Å². The average Bonchev–Trinajstić information content (AvgIpc) is 3.36. The summed E-state index contributed by atoms with van der Waals surface area (Å²) in [5, 5.41) is 11.5. The number of nitrogens with one attached hydrogen (secondary N) is 2. The summed E-state index contributed by atoms with van der Waals surface area (Å²) in [4.78, 5) is 4.32. The molecule has 1 aliphatic heterocycles. The van der Waals surface area contributed by atoms with Gasteiger partial charge in [0, 0.05) is 50.5 Å². The molecule has 1 unspecified atom stereocenters. The molecule has 0 spiro atoms. The maximum Gasteiger partial charge on any atom is 0.191 e. The topological polar surface area (TPSA) is 72.7 Å². The summed E-state index contributed by atoms with van der Waals surface area (Å²) in [6.45, 7) is 8.93. The highest BCUT2D eigenvalue weighted by Gasteiger charge is 2.15. The quantitative estimate of drug-likeness (QED) is 0.227. The van der Waals surface area contributed by atoms with Gasteiger partial charge in [0.15, 0.2) is 5.96 Å². The zero-order valence-electron chi connectivity index (χ0n) is 18.2. The SMILES string of the molecule is CN=C(NCCCOCC1CCOC1)NCc1c(C)nn(-c2ccccc2)c1C.I. The number of para-hydroxylation sites is 1. The molecule has 166 valence electrons. The number of benzene rings is 1. The molecule has 1 saturated heterocycles. The zero-order chi connectivity index (χ0) is 20.5. The van der Waals surface area contributed by atoms with Crippen LogP contribution in [0.25, 0.3) is 5.69 Å². The van der Waals surface area contributed by atoms with Gasteiger partial charge in [0.1, 0.15) is 0 Å². The predicted molar refractivity (Wildman–Crippen MR) is 131 cm³/mol. The molecular weight excluding hydrogens is 493 g/mol. The Morgan fingerprint density at radius 1 is 1.27 bits per heavy atom. The van der Waals surface area contributed by atoms with Crippen molar-refractivity contribution in [2.24, 2.45) is 10.9 Å². The van der Waals surface area contributed by atoms with Crippen molar-refractivity contribution >= 4 is 29.9 Å². The smallest absolute Gasteiger partial charge is 0.191 e. The third-order valence-electron chi connectivity index (χ3n) is 5.23. The molecule has 30 heavy (non-hydrogen) atoms. The molecule has 0 aliphatic carbocycles. The highest BCUT2D eigenvalue weighted by Crippen LogP contribution is 2.17. The minimum atomic E-state index is 0. The van der Waals surface area contributed by atoms with Gasteiger partial charge in [0.2, 0.25) is 0 Å². The number of nitrogens with zero attached hydrogens (tertiary/aromatic N) is 3. The van der Waals surface area contributed by atoms with E-state index < -0.39 is 0 Å². The van der Waals surface area contributed by atoms with Crippen LogP contribution in [0.1, 0.15) is 29.8 Å². The Bertz CT molecular complexity index is 788. The van der Waals surface area contributed by atoms with Crippen LogP contribution in [0.2, 0.25) is 0 Å². The van der Waals surface area contributed by atoms with Gasteiger partial charge in [-0.3, -0.25) is 4.99 Å². The first kappa shape index (κ1) is 24.6. The largest absolute Gasteiger partial charge is 0.381 e. The standard InChI is InChI=1S/C22H33N5O2.HI/c1-17-21(18(2)27(26-17)20-8-5-4-6-9-20)14-25-22(23-3)24-11-7-12-28-15-19-10-13-29-16-19;/h4-6,8-9,19H,7,10-16H2,1-3H3,(H2,23,24,25);1H. The van der Waals surface area contributed by atoms with E-state index in [4.69, 9.17) is 14.6 Å². The summed E-state index contributed by atoms with van der Waals surface area (Å²) in [7, 11) is 1.79. The third-order valence-corrected chi connectivity index (χ3v) is 5.23. The highest BCUT2D eigenvalue weighted by molar-refractivity contribution is 14.0. The van der Waals surface area contributed by atoms with Crippen molar-refractivity contribution in [3.05, 3.63) is 47.3 Å². The summed E-state index contributed by atoms with van der Waals surface area (Å²) in [6, 6.07) is 10.2. The van der Waals surface area contributed by atoms with Crippen LogP contribution < -0.4 is 10.6 Å². The second kappa shape index (κ2) is 12.9. The fourth-order valence-corrected chi connectivity index (χ4v) is 3.49. The minimum Gasteiger partial charge on any atom is -0.381 e. The first-order chi connectivity index (χ1) is 14.2. The monoisotopic (exact) mass is 527 g/mol. The van der Waals surface area contributed by atoms with Crippen LogP contribution in [0.3, 0.4) is 0 Å². The molecule has 1 aromatic carbocycles. The van der Waals surface area contributed by atoms with Crippen molar-refractivity contribution in [3.63, 3.8) is 0 Å². The van der Waals surface area contributed by atoms with E-state index in [1.807, 2.05) is 29.8 Å². The van der Waals surface area contributed by atoms with E-state index in [0.29, 0.717) is 12.5 Å². The number of guanidine groups is 1. The van der Waals surface area contributed by atoms with Crippen LogP contribution in [-0.2, 0) is 16.0 Å². The van der Waals surface area contributed by atoms with E-state index in [0.717, 1.165) is 68.8 Å². The molecule has 3 rings (SSSR count). The van der Waals surface area contributed by atoms with Gasteiger partial charge in [0.25, 0.3) is 0 Å². The van der Waals surface area contributed by atoms with Crippen molar-refractivity contribution in [1.29, 1.82) is 0 Å². The van der Waals surface area contributed by atoms with Crippen molar-refractivity contribution < 1.29 is 9.47 Å². The summed E-state index contributed by atoms with van der Waals surface area (Å²) >= 11 is 0. The van der Waals surface area contributed by atoms with E-state index in [9.17, 15) is 0 Å². The molecule has 0 radical (unpaired) electrons. The van der Waals surface area contributed by atoms with Crippen molar-refractivity contribution in [3.8, 4) is 5.69 Å². The summed E-state index contributed by atoms with van der Waals surface area (Å²) in [5.74, 6) is 1.36. The normalized spacial score (nSPS) is 16.4. The second-order valence-electron chi connectivity index (χ2n) is 7.41. The first-order valence-corrected chi connectivity index (χ1v) is 10.4. The lowest BCUT2D eigenvalue weighted by molar-refractivity contribution is 0.0888. The number of rotatable bonds is 9. The van der Waals surface area contributed by atoms with Gasteiger partial charge in [-0.1, -0.05) is 18.2 Å². The molecular formula is C22H34IN5O2. The molecule has 1 aliphatic rings. The van der Waals surface area contributed by atoms with Crippen LogP contribution in [-0.4, -0.2) is 55.8 Å². The van der Waals surface area contributed by atoms with Gasteiger partial charge < -0.3 is 20.1 Å². The zero-order valence-corrected chi connectivity index (χ0v) is 20.5. The van der Waals surface area contributed by atoms with Crippen LogP contribution in [0.4, 0.5) is 0 Å². The molecule has 0 amide bonds. The summed E-state index contributed by atoms with van der Waals surface area (Å²) in [6.07, 6.45) is 2.06. The lowest BCUT2D eigenvalue weighted by Gasteiger charge is -2.13. The van der Waals surface area contributed by atoms with Crippen LogP contribution in [0, 0.1) is 19.8 Å². The third kappa shape index (κ3) is 6.95. The number of hydrogen-bond acceptors (Lipinski definition) is 4. The summed E-state index contributed by atoms with van der Waals surface area (Å²) in [5.41, 5.74) is 4.43. The molecule has 8 heteroatoms. The van der Waals surface area contributed by atoms with Crippen LogP contribution >= 0.6 is 24.0 Å². The molecule has 1 atom stereocenters. The summed E-state index contributed by atoms with van der Waals surface area (Å²) < 4.78 is 13.1. The Labute approximate surface area is 196 Å². The van der Waals surface area contributed by atoms with Gasteiger partial charge in [-0.15, -0.1) is 24.0 Å². The van der Waals surface area contributed by atoms with E-state index in [1.165, 1.54) is 5.56 Å². The molecule has 2 aromatic rings. The van der Waals surface area contributed by atoms with Gasteiger partial charge in [-0.25, -0.2) is 4.68 Å². The Hall–Kier alpha value is -1.65. The molecule has 2 heterocycles. The Morgan fingerprint density at radius 2 is 2.07 bits per heavy atom. The molecule has 1 aromatic heterocycles. The van der Waals surface area contributed by atoms with E-state index in [1.54, 1.807) is 7.05 Å². The van der Waals surface area contributed by atoms with Crippen molar-refractivity contribution in [1.82, 2.24) is 20.4 Å².